The standard InChI is InChI=1S/C15H13F3O3/c1-20-8-3-4-10(11(16)5-8)15(19)14-12(17)6-9(21-2)7-13(14)18/h3-7,15,19H,1-2H3. The SMILES string of the molecule is COc1ccc(C(O)c2c(F)cc(OC)cc2F)c(F)c1. The zero-order valence-electron chi connectivity index (χ0n) is 11.4. The summed E-state index contributed by atoms with van der Waals surface area (Å²) in [6, 6.07) is 5.47. The summed E-state index contributed by atoms with van der Waals surface area (Å²) in [5, 5.41) is 10.1. The van der Waals surface area contributed by atoms with Gasteiger partial charge in [-0.3, -0.25) is 0 Å². The maximum absolute atomic E-state index is 13.9. The molecule has 0 fully saturated rings. The summed E-state index contributed by atoms with van der Waals surface area (Å²) in [4.78, 5) is 0. The molecule has 0 aromatic heterocycles. The second-order valence-electron chi connectivity index (χ2n) is 4.29. The second-order valence-corrected chi connectivity index (χ2v) is 4.29. The molecular formula is C15H13F3O3. The molecule has 0 aliphatic heterocycles. The van der Waals surface area contributed by atoms with Gasteiger partial charge in [-0.05, 0) is 12.1 Å². The molecule has 1 unspecified atom stereocenters. The first-order chi connectivity index (χ1) is 9.97. The highest BCUT2D eigenvalue weighted by Gasteiger charge is 2.23. The van der Waals surface area contributed by atoms with Crippen molar-refractivity contribution in [3.63, 3.8) is 0 Å². The maximum Gasteiger partial charge on any atom is 0.135 e. The van der Waals surface area contributed by atoms with E-state index in [4.69, 9.17) is 9.47 Å². The Hall–Kier alpha value is -2.21. The minimum Gasteiger partial charge on any atom is -0.497 e. The Morgan fingerprint density at radius 2 is 1.38 bits per heavy atom. The van der Waals surface area contributed by atoms with Crippen LogP contribution in [0.4, 0.5) is 13.2 Å². The Morgan fingerprint density at radius 3 is 1.86 bits per heavy atom. The van der Waals surface area contributed by atoms with E-state index in [2.05, 4.69) is 0 Å². The third-order valence-corrected chi connectivity index (χ3v) is 3.06. The zero-order valence-corrected chi connectivity index (χ0v) is 11.4. The van der Waals surface area contributed by atoms with Gasteiger partial charge in [-0.2, -0.15) is 0 Å². The second kappa shape index (κ2) is 6.05. The number of halogens is 3. The average molecular weight is 298 g/mol. The molecule has 0 radical (unpaired) electrons. The molecule has 0 saturated heterocycles. The van der Waals surface area contributed by atoms with E-state index in [9.17, 15) is 18.3 Å². The van der Waals surface area contributed by atoms with Gasteiger partial charge in [-0.1, -0.05) is 0 Å². The number of aliphatic hydroxyl groups excluding tert-OH is 1. The van der Waals surface area contributed by atoms with E-state index >= 15 is 0 Å². The van der Waals surface area contributed by atoms with Crippen molar-refractivity contribution in [3.05, 3.63) is 58.9 Å². The highest BCUT2D eigenvalue weighted by atomic mass is 19.1. The van der Waals surface area contributed by atoms with Crippen LogP contribution in [0.25, 0.3) is 0 Å². The molecule has 21 heavy (non-hydrogen) atoms. The van der Waals surface area contributed by atoms with Gasteiger partial charge in [0.25, 0.3) is 0 Å². The van der Waals surface area contributed by atoms with Gasteiger partial charge in [0.1, 0.15) is 35.1 Å². The molecule has 1 N–H and O–H groups in total. The first-order valence-electron chi connectivity index (χ1n) is 6.02. The van der Waals surface area contributed by atoms with Crippen molar-refractivity contribution in [2.24, 2.45) is 0 Å². The molecule has 1 atom stereocenters. The van der Waals surface area contributed by atoms with Gasteiger partial charge in [0, 0.05) is 23.8 Å². The molecular weight excluding hydrogens is 285 g/mol. The molecule has 0 spiro atoms. The van der Waals surface area contributed by atoms with Gasteiger partial charge in [0.15, 0.2) is 0 Å². The number of hydrogen-bond acceptors (Lipinski definition) is 3. The van der Waals surface area contributed by atoms with Crippen molar-refractivity contribution < 1.29 is 27.8 Å². The molecule has 0 heterocycles. The van der Waals surface area contributed by atoms with Gasteiger partial charge in [0.05, 0.1) is 19.8 Å². The molecule has 3 nitrogen and oxygen atoms in total. The van der Waals surface area contributed by atoms with E-state index in [1.807, 2.05) is 0 Å². The summed E-state index contributed by atoms with van der Waals surface area (Å²) >= 11 is 0. The highest BCUT2D eigenvalue weighted by Crippen LogP contribution is 2.32. The highest BCUT2D eigenvalue weighted by molar-refractivity contribution is 5.39. The quantitative estimate of drug-likeness (QED) is 0.942. The van der Waals surface area contributed by atoms with Crippen molar-refractivity contribution in [1.82, 2.24) is 0 Å². The summed E-state index contributed by atoms with van der Waals surface area (Å²) in [5.41, 5.74) is -0.890. The van der Waals surface area contributed by atoms with E-state index < -0.39 is 29.1 Å². The lowest BCUT2D eigenvalue weighted by molar-refractivity contribution is 0.203. The van der Waals surface area contributed by atoms with E-state index in [1.54, 1.807) is 0 Å². The lowest BCUT2D eigenvalue weighted by Crippen LogP contribution is -2.08. The average Bonchev–Trinajstić information content (AvgIpc) is 2.45. The van der Waals surface area contributed by atoms with Gasteiger partial charge in [-0.25, -0.2) is 13.2 Å². The number of rotatable bonds is 4. The smallest absolute Gasteiger partial charge is 0.135 e. The van der Waals surface area contributed by atoms with E-state index in [1.165, 1.54) is 26.4 Å². The summed E-state index contributed by atoms with van der Waals surface area (Å²) in [6.07, 6.45) is -1.78. The van der Waals surface area contributed by atoms with Crippen LogP contribution in [-0.4, -0.2) is 19.3 Å². The predicted molar refractivity (Wildman–Crippen MR) is 69.9 cm³/mol. The first kappa shape index (κ1) is 15.2. The molecule has 2 rings (SSSR count). The Bertz CT molecular complexity index is 636. The van der Waals surface area contributed by atoms with Crippen LogP contribution in [0.3, 0.4) is 0 Å². The predicted octanol–water partition coefficient (Wildman–Crippen LogP) is 3.20. The third kappa shape index (κ3) is 2.95. The number of benzene rings is 2. The fourth-order valence-electron chi connectivity index (χ4n) is 1.95. The Balaban J connectivity index is 2.47. The number of methoxy groups -OCH3 is 2. The van der Waals surface area contributed by atoms with Crippen molar-refractivity contribution in [2.75, 3.05) is 14.2 Å². The third-order valence-electron chi connectivity index (χ3n) is 3.06. The monoisotopic (exact) mass is 298 g/mol. The maximum atomic E-state index is 13.9. The minimum absolute atomic E-state index is 0.0313. The summed E-state index contributed by atoms with van der Waals surface area (Å²) in [7, 11) is 2.61. The van der Waals surface area contributed by atoms with Gasteiger partial charge < -0.3 is 14.6 Å². The minimum atomic E-state index is -1.78. The summed E-state index contributed by atoms with van der Waals surface area (Å²) in [5.74, 6) is -2.66. The van der Waals surface area contributed by atoms with Crippen LogP contribution in [-0.2, 0) is 0 Å². The lowest BCUT2D eigenvalue weighted by Gasteiger charge is -2.15. The van der Waals surface area contributed by atoms with E-state index in [0.29, 0.717) is 0 Å². The van der Waals surface area contributed by atoms with Crippen LogP contribution in [0.1, 0.15) is 17.2 Å². The van der Waals surface area contributed by atoms with Crippen molar-refractivity contribution in [2.45, 2.75) is 6.10 Å². The van der Waals surface area contributed by atoms with Crippen molar-refractivity contribution in [1.29, 1.82) is 0 Å². The van der Waals surface area contributed by atoms with Gasteiger partial charge in [-0.15, -0.1) is 0 Å². The Kier molecular flexibility index (Phi) is 4.37. The zero-order chi connectivity index (χ0) is 15.6. The molecule has 0 aliphatic carbocycles. The molecule has 6 heteroatoms. The normalized spacial score (nSPS) is 12.1. The van der Waals surface area contributed by atoms with Gasteiger partial charge in [0.2, 0.25) is 0 Å². The Labute approximate surface area is 119 Å². The first-order valence-corrected chi connectivity index (χ1v) is 6.02. The summed E-state index contributed by atoms with van der Waals surface area (Å²) in [6.45, 7) is 0. The molecule has 2 aromatic carbocycles. The van der Waals surface area contributed by atoms with E-state index in [-0.39, 0.29) is 17.1 Å². The van der Waals surface area contributed by atoms with E-state index in [0.717, 1.165) is 18.2 Å². The lowest BCUT2D eigenvalue weighted by atomic mass is 9.99. The fraction of sp³-hybridized carbons (Fsp3) is 0.200. The topological polar surface area (TPSA) is 38.7 Å². The fourth-order valence-corrected chi connectivity index (χ4v) is 1.95. The number of hydrogen-bond donors (Lipinski definition) is 1. The summed E-state index contributed by atoms with van der Waals surface area (Å²) < 4.78 is 51.2. The van der Waals surface area contributed by atoms with Crippen LogP contribution in [0.5, 0.6) is 11.5 Å². The van der Waals surface area contributed by atoms with Crippen molar-refractivity contribution >= 4 is 0 Å². The largest absolute Gasteiger partial charge is 0.497 e. The molecule has 0 amide bonds. The molecule has 0 aliphatic rings. The van der Waals surface area contributed by atoms with Crippen LogP contribution in [0.15, 0.2) is 30.3 Å². The van der Waals surface area contributed by atoms with Crippen LogP contribution >= 0.6 is 0 Å². The van der Waals surface area contributed by atoms with Crippen LogP contribution in [0.2, 0.25) is 0 Å². The van der Waals surface area contributed by atoms with Crippen LogP contribution in [0, 0.1) is 17.5 Å². The van der Waals surface area contributed by atoms with Crippen LogP contribution < -0.4 is 9.47 Å². The molecule has 2 aromatic rings. The van der Waals surface area contributed by atoms with Crippen molar-refractivity contribution in [3.8, 4) is 11.5 Å². The van der Waals surface area contributed by atoms with Gasteiger partial charge >= 0.3 is 0 Å². The number of ether oxygens (including phenoxy) is 2. The number of aliphatic hydroxyl groups is 1. The molecule has 0 saturated carbocycles. The molecule has 0 bridgehead atoms. The molecule has 112 valence electrons. The Morgan fingerprint density at radius 1 is 0.857 bits per heavy atom.